The Hall–Kier alpha value is -2.87. The standard InChI is InChI=1S/C16H15N3O4S/c1-2-23-16(20)14-10-17-18-15(14)19-24(21,22)13-8-7-11-5-3-4-6-12(11)9-13/h3-10H,2H2,1H3,(H2,17,18,19). The predicted molar refractivity (Wildman–Crippen MR) is 89.3 cm³/mol. The largest absolute Gasteiger partial charge is 0.462 e. The van der Waals surface area contributed by atoms with E-state index in [0.29, 0.717) is 0 Å². The van der Waals surface area contributed by atoms with Crippen molar-refractivity contribution in [1.29, 1.82) is 0 Å². The lowest BCUT2D eigenvalue weighted by atomic mass is 10.1. The van der Waals surface area contributed by atoms with Gasteiger partial charge in [0.1, 0.15) is 11.4 Å². The summed E-state index contributed by atoms with van der Waals surface area (Å²) in [5.74, 6) is -0.677. The molecule has 0 saturated carbocycles. The van der Waals surface area contributed by atoms with E-state index in [4.69, 9.17) is 4.74 Å². The van der Waals surface area contributed by atoms with Crippen LogP contribution in [0, 0.1) is 0 Å². The smallest absolute Gasteiger partial charge is 0.343 e. The van der Waals surface area contributed by atoms with E-state index in [1.807, 2.05) is 24.3 Å². The summed E-state index contributed by atoms with van der Waals surface area (Å²) in [7, 11) is -3.87. The van der Waals surface area contributed by atoms with E-state index in [1.165, 1.54) is 12.3 Å². The van der Waals surface area contributed by atoms with Crippen LogP contribution in [0.4, 0.5) is 5.82 Å². The first-order chi connectivity index (χ1) is 11.5. The van der Waals surface area contributed by atoms with Gasteiger partial charge in [-0.25, -0.2) is 13.2 Å². The highest BCUT2D eigenvalue weighted by molar-refractivity contribution is 7.92. The van der Waals surface area contributed by atoms with Gasteiger partial charge < -0.3 is 4.74 Å². The number of rotatable bonds is 5. The Morgan fingerprint density at radius 1 is 1.21 bits per heavy atom. The molecule has 8 heteroatoms. The van der Waals surface area contributed by atoms with Crippen LogP contribution in [0.15, 0.2) is 53.6 Å². The van der Waals surface area contributed by atoms with Gasteiger partial charge in [-0.05, 0) is 29.8 Å². The van der Waals surface area contributed by atoms with Crippen molar-refractivity contribution in [3.8, 4) is 0 Å². The van der Waals surface area contributed by atoms with Gasteiger partial charge in [-0.1, -0.05) is 30.3 Å². The molecule has 24 heavy (non-hydrogen) atoms. The Morgan fingerprint density at radius 2 is 1.96 bits per heavy atom. The molecule has 7 nitrogen and oxygen atoms in total. The van der Waals surface area contributed by atoms with Gasteiger partial charge >= 0.3 is 5.97 Å². The SMILES string of the molecule is CCOC(=O)c1cn[nH]c1NS(=O)(=O)c1ccc2ccccc2c1. The van der Waals surface area contributed by atoms with E-state index in [2.05, 4.69) is 14.9 Å². The number of hydrogen-bond donors (Lipinski definition) is 2. The summed E-state index contributed by atoms with van der Waals surface area (Å²) in [5.41, 5.74) is 0.0289. The van der Waals surface area contributed by atoms with Crippen LogP contribution in [0.5, 0.6) is 0 Å². The third-order valence-electron chi connectivity index (χ3n) is 3.40. The molecule has 2 N–H and O–H groups in total. The van der Waals surface area contributed by atoms with Gasteiger partial charge in [0.25, 0.3) is 10.0 Å². The Morgan fingerprint density at radius 3 is 2.71 bits per heavy atom. The zero-order valence-electron chi connectivity index (χ0n) is 12.8. The first-order valence-corrected chi connectivity index (χ1v) is 8.71. The zero-order chi connectivity index (χ0) is 17.2. The van der Waals surface area contributed by atoms with Crippen molar-refractivity contribution in [3.05, 3.63) is 54.2 Å². The summed E-state index contributed by atoms with van der Waals surface area (Å²) in [6.07, 6.45) is 1.22. The second-order valence-corrected chi connectivity index (χ2v) is 6.68. The Bertz CT molecular complexity index is 995. The van der Waals surface area contributed by atoms with Crippen LogP contribution in [-0.4, -0.2) is 31.2 Å². The number of anilines is 1. The minimum Gasteiger partial charge on any atom is -0.462 e. The normalized spacial score (nSPS) is 11.4. The van der Waals surface area contributed by atoms with Gasteiger partial charge in [0.15, 0.2) is 0 Å². The summed E-state index contributed by atoms with van der Waals surface area (Å²) in [5, 5.41) is 7.90. The number of hydrogen-bond acceptors (Lipinski definition) is 5. The molecule has 0 aliphatic rings. The maximum Gasteiger partial charge on any atom is 0.343 e. The second-order valence-electron chi connectivity index (χ2n) is 4.99. The third kappa shape index (κ3) is 3.09. The van der Waals surface area contributed by atoms with E-state index in [9.17, 15) is 13.2 Å². The molecule has 0 unspecified atom stereocenters. The van der Waals surface area contributed by atoms with Gasteiger partial charge in [0.2, 0.25) is 0 Å². The molecule has 0 saturated heterocycles. The highest BCUT2D eigenvalue weighted by atomic mass is 32.2. The lowest BCUT2D eigenvalue weighted by Crippen LogP contribution is -2.16. The van der Waals surface area contributed by atoms with Gasteiger partial charge in [0.05, 0.1) is 17.7 Å². The molecular formula is C16H15N3O4S. The molecule has 1 heterocycles. The minimum atomic E-state index is -3.87. The van der Waals surface area contributed by atoms with Crippen molar-refractivity contribution in [2.24, 2.45) is 0 Å². The van der Waals surface area contributed by atoms with E-state index in [0.717, 1.165) is 10.8 Å². The van der Waals surface area contributed by atoms with Crippen LogP contribution in [0.25, 0.3) is 10.8 Å². The monoisotopic (exact) mass is 345 g/mol. The maximum absolute atomic E-state index is 12.6. The summed E-state index contributed by atoms with van der Waals surface area (Å²) in [6.45, 7) is 1.85. The van der Waals surface area contributed by atoms with Crippen molar-refractivity contribution in [2.45, 2.75) is 11.8 Å². The molecule has 0 bridgehead atoms. The fraction of sp³-hybridized carbons (Fsp3) is 0.125. The molecule has 0 radical (unpaired) electrons. The van der Waals surface area contributed by atoms with Gasteiger partial charge in [-0.2, -0.15) is 5.10 Å². The summed E-state index contributed by atoms with van der Waals surface area (Å²) in [4.78, 5) is 11.9. The quantitative estimate of drug-likeness (QED) is 0.692. The molecular weight excluding hydrogens is 330 g/mol. The highest BCUT2D eigenvalue weighted by Gasteiger charge is 2.21. The lowest BCUT2D eigenvalue weighted by molar-refractivity contribution is 0.0527. The molecule has 3 aromatic rings. The number of nitrogens with zero attached hydrogens (tertiary/aromatic N) is 1. The van der Waals surface area contributed by atoms with Gasteiger partial charge in [-0.3, -0.25) is 9.82 Å². The molecule has 0 amide bonds. The summed E-state index contributed by atoms with van der Waals surface area (Å²) < 4.78 is 32.3. The number of ether oxygens (including phenoxy) is 1. The van der Waals surface area contributed by atoms with Crippen LogP contribution in [0.1, 0.15) is 17.3 Å². The maximum atomic E-state index is 12.6. The van der Waals surface area contributed by atoms with Crippen LogP contribution < -0.4 is 4.72 Å². The number of carbonyl (C=O) groups excluding carboxylic acids is 1. The Labute approximate surface area is 138 Å². The average molecular weight is 345 g/mol. The van der Waals surface area contributed by atoms with Crippen LogP contribution in [0.2, 0.25) is 0 Å². The number of nitrogens with one attached hydrogen (secondary N) is 2. The molecule has 124 valence electrons. The minimum absolute atomic E-state index is 0.0263. The van der Waals surface area contributed by atoms with Crippen molar-refractivity contribution in [3.63, 3.8) is 0 Å². The second kappa shape index (κ2) is 6.32. The number of carbonyl (C=O) groups is 1. The fourth-order valence-electron chi connectivity index (χ4n) is 2.26. The first-order valence-electron chi connectivity index (χ1n) is 7.23. The first kappa shape index (κ1) is 16.0. The number of fused-ring (bicyclic) bond motifs is 1. The Balaban J connectivity index is 1.94. The van der Waals surface area contributed by atoms with Crippen LogP contribution >= 0.6 is 0 Å². The third-order valence-corrected chi connectivity index (χ3v) is 4.75. The average Bonchev–Trinajstić information content (AvgIpc) is 3.02. The molecule has 1 aromatic heterocycles. The number of benzene rings is 2. The molecule has 3 rings (SSSR count). The molecule has 2 aromatic carbocycles. The number of sulfonamides is 1. The van der Waals surface area contributed by atoms with E-state index in [-0.39, 0.29) is 22.9 Å². The van der Waals surface area contributed by atoms with Crippen molar-refractivity contribution >= 4 is 32.6 Å². The molecule has 0 atom stereocenters. The summed E-state index contributed by atoms with van der Waals surface area (Å²) in [6, 6.07) is 12.2. The number of aromatic amines is 1. The van der Waals surface area contributed by atoms with Gasteiger partial charge in [0, 0.05) is 0 Å². The van der Waals surface area contributed by atoms with E-state index >= 15 is 0 Å². The topological polar surface area (TPSA) is 101 Å². The van der Waals surface area contributed by atoms with Crippen molar-refractivity contribution in [2.75, 3.05) is 11.3 Å². The van der Waals surface area contributed by atoms with Crippen molar-refractivity contribution in [1.82, 2.24) is 10.2 Å². The van der Waals surface area contributed by atoms with E-state index in [1.54, 1.807) is 19.1 Å². The summed E-state index contributed by atoms with van der Waals surface area (Å²) >= 11 is 0. The highest BCUT2D eigenvalue weighted by Crippen LogP contribution is 2.22. The zero-order valence-corrected chi connectivity index (χ0v) is 13.6. The molecule has 0 spiro atoms. The number of esters is 1. The predicted octanol–water partition coefficient (Wildman–Crippen LogP) is 2.54. The van der Waals surface area contributed by atoms with Gasteiger partial charge in [-0.15, -0.1) is 0 Å². The Kier molecular flexibility index (Phi) is 4.22. The van der Waals surface area contributed by atoms with Crippen LogP contribution in [-0.2, 0) is 14.8 Å². The number of aromatic nitrogens is 2. The number of H-pyrrole nitrogens is 1. The van der Waals surface area contributed by atoms with Crippen LogP contribution in [0.3, 0.4) is 0 Å². The van der Waals surface area contributed by atoms with E-state index < -0.39 is 16.0 Å². The lowest BCUT2D eigenvalue weighted by Gasteiger charge is -2.09. The fourth-order valence-corrected chi connectivity index (χ4v) is 3.33. The molecule has 0 aliphatic carbocycles. The molecule has 0 aliphatic heterocycles. The van der Waals surface area contributed by atoms with Crippen molar-refractivity contribution < 1.29 is 17.9 Å². The molecule has 0 fully saturated rings.